The van der Waals surface area contributed by atoms with E-state index >= 15 is 0 Å². The molecule has 0 bridgehead atoms. The third kappa shape index (κ3) is 9.34. The van der Waals surface area contributed by atoms with E-state index < -0.39 is 0 Å². The molecule has 3 heteroatoms. The Morgan fingerprint density at radius 2 is 1.92 bits per heavy atom. The molecule has 0 heterocycles. The number of hydrogen-bond donors (Lipinski definition) is 1. The van der Waals surface area contributed by atoms with Gasteiger partial charge in [0.15, 0.2) is 0 Å². The van der Waals surface area contributed by atoms with E-state index in [0.29, 0.717) is 6.42 Å². The van der Waals surface area contributed by atoms with Crippen LogP contribution < -0.4 is 5.32 Å². The predicted octanol–water partition coefficient (Wildman–Crippen LogP) is 1.89. The molecule has 1 N–H and O–H groups in total. The van der Waals surface area contributed by atoms with E-state index in [1.54, 1.807) is 0 Å². The first kappa shape index (κ1) is 12.4. The summed E-state index contributed by atoms with van der Waals surface area (Å²) in [5, 5.41) is 12.9. The van der Waals surface area contributed by atoms with Crippen LogP contribution in [0.1, 0.15) is 45.4 Å². The van der Waals surface area contributed by atoms with Crippen molar-refractivity contribution >= 4 is 5.91 Å². The van der Waals surface area contributed by atoms with E-state index in [4.69, 9.17) is 0 Å². The molecule has 1 radical (unpaired) electrons. The molecule has 0 aliphatic carbocycles. The number of amides is 1. The molecule has 0 saturated carbocycles. The maximum absolute atomic E-state index is 11.1. The van der Waals surface area contributed by atoms with Gasteiger partial charge in [-0.25, -0.2) is 5.11 Å². The Morgan fingerprint density at radius 3 is 2.54 bits per heavy atom. The first-order valence-corrected chi connectivity index (χ1v) is 5.16. The Kier molecular flexibility index (Phi) is 9.10. The highest BCUT2D eigenvalue weighted by atomic mass is 16.2. The zero-order valence-corrected chi connectivity index (χ0v) is 8.47. The van der Waals surface area contributed by atoms with Gasteiger partial charge in [-0.3, -0.25) is 4.79 Å². The van der Waals surface area contributed by atoms with Crippen molar-refractivity contribution in [2.75, 3.05) is 13.2 Å². The molecule has 0 spiro atoms. The van der Waals surface area contributed by atoms with Gasteiger partial charge in [0.1, 0.15) is 0 Å². The summed E-state index contributed by atoms with van der Waals surface area (Å²) in [6.45, 7) is 2.80. The zero-order chi connectivity index (χ0) is 9.94. The molecule has 0 aromatic carbocycles. The van der Waals surface area contributed by atoms with Crippen LogP contribution in [-0.2, 0) is 9.90 Å². The summed E-state index contributed by atoms with van der Waals surface area (Å²) in [7, 11) is 0. The molecule has 0 unspecified atom stereocenters. The lowest BCUT2D eigenvalue weighted by Gasteiger charge is -2.03. The van der Waals surface area contributed by atoms with Gasteiger partial charge >= 0.3 is 0 Å². The van der Waals surface area contributed by atoms with Crippen molar-refractivity contribution in [1.29, 1.82) is 0 Å². The second kappa shape index (κ2) is 9.52. The molecule has 77 valence electrons. The Bertz CT molecular complexity index is 126. The molecule has 0 aromatic heterocycles. The van der Waals surface area contributed by atoms with Crippen molar-refractivity contribution < 1.29 is 9.90 Å². The largest absolute Gasteiger partial charge is 0.356 e. The third-order valence-electron chi connectivity index (χ3n) is 1.90. The fraction of sp³-hybridized carbons (Fsp3) is 0.900. The minimum atomic E-state index is 0.00375. The van der Waals surface area contributed by atoms with Crippen LogP contribution >= 0.6 is 0 Å². The van der Waals surface area contributed by atoms with Crippen LogP contribution in [0.2, 0.25) is 0 Å². The average Bonchev–Trinajstić information content (AvgIpc) is 2.14. The van der Waals surface area contributed by atoms with Gasteiger partial charge in [-0.1, -0.05) is 13.3 Å². The quantitative estimate of drug-likeness (QED) is 0.578. The highest BCUT2D eigenvalue weighted by Gasteiger charge is 1.98. The van der Waals surface area contributed by atoms with E-state index in [1.807, 2.05) is 0 Å². The number of carbonyl (C=O) groups is 1. The second-order valence-corrected chi connectivity index (χ2v) is 3.22. The molecule has 0 atom stereocenters. The molecule has 13 heavy (non-hydrogen) atoms. The van der Waals surface area contributed by atoms with Crippen LogP contribution in [0.25, 0.3) is 0 Å². The minimum absolute atomic E-state index is 0.00375. The Balaban J connectivity index is 3.08. The monoisotopic (exact) mass is 186 g/mol. The van der Waals surface area contributed by atoms with Crippen LogP contribution in [-0.4, -0.2) is 19.1 Å². The van der Waals surface area contributed by atoms with Crippen molar-refractivity contribution in [2.45, 2.75) is 45.4 Å². The van der Waals surface area contributed by atoms with Crippen molar-refractivity contribution in [3.05, 3.63) is 0 Å². The van der Waals surface area contributed by atoms with E-state index in [1.165, 1.54) is 0 Å². The maximum Gasteiger partial charge on any atom is 0.219 e. The summed E-state index contributed by atoms with van der Waals surface area (Å²) in [6, 6.07) is 0. The molecular weight excluding hydrogens is 166 g/mol. The second-order valence-electron chi connectivity index (χ2n) is 3.22. The molecule has 0 saturated heterocycles. The Morgan fingerprint density at radius 1 is 1.15 bits per heavy atom. The molecule has 0 rings (SSSR count). The van der Waals surface area contributed by atoms with E-state index in [-0.39, 0.29) is 12.5 Å². The average molecular weight is 186 g/mol. The van der Waals surface area contributed by atoms with Crippen molar-refractivity contribution in [2.24, 2.45) is 0 Å². The maximum atomic E-state index is 11.1. The van der Waals surface area contributed by atoms with Crippen molar-refractivity contribution in [1.82, 2.24) is 5.32 Å². The fourth-order valence-electron chi connectivity index (χ4n) is 1.06. The first-order chi connectivity index (χ1) is 6.31. The highest BCUT2D eigenvalue weighted by molar-refractivity contribution is 5.75. The van der Waals surface area contributed by atoms with Crippen molar-refractivity contribution in [3.63, 3.8) is 0 Å². The van der Waals surface area contributed by atoms with E-state index in [9.17, 15) is 9.90 Å². The van der Waals surface area contributed by atoms with Gasteiger partial charge in [0.25, 0.3) is 0 Å². The molecule has 1 amide bonds. The standard InChI is InChI=1S/C10H20NO2/c1-2-3-7-10(13)11-8-5-4-6-9-12/h2-9H2,1H3,(H,11,13). The van der Waals surface area contributed by atoms with E-state index in [2.05, 4.69) is 12.2 Å². The van der Waals surface area contributed by atoms with Gasteiger partial charge in [0.05, 0.1) is 6.61 Å². The summed E-state index contributed by atoms with van der Waals surface area (Å²) in [5.41, 5.74) is 0. The SMILES string of the molecule is CCCCC(=O)NCCCCC[O]. The number of unbranched alkanes of at least 4 members (excludes halogenated alkanes) is 3. The van der Waals surface area contributed by atoms with Gasteiger partial charge in [-0.15, -0.1) is 0 Å². The smallest absolute Gasteiger partial charge is 0.219 e. The van der Waals surface area contributed by atoms with Crippen molar-refractivity contribution in [3.8, 4) is 0 Å². The number of carbonyl (C=O) groups excluding carboxylic acids is 1. The predicted molar refractivity (Wildman–Crippen MR) is 51.9 cm³/mol. The summed E-state index contributed by atoms with van der Waals surface area (Å²) in [6.07, 6.45) is 5.25. The topological polar surface area (TPSA) is 49.0 Å². The van der Waals surface area contributed by atoms with Gasteiger partial charge in [-0.05, 0) is 25.7 Å². The van der Waals surface area contributed by atoms with Crippen LogP contribution in [0.4, 0.5) is 0 Å². The molecule has 0 aliphatic heterocycles. The van der Waals surface area contributed by atoms with Crippen LogP contribution in [0.15, 0.2) is 0 Å². The van der Waals surface area contributed by atoms with Gasteiger partial charge in [0.2, 0.25) is 5.91 Å². The molecular formula is C10H20NO2. The molecule has 0 fully saturated rings. The minimum Gasteiger partial charge on any atom is -0.356 e. The summed E-state index contributed by atoms with van der Waals surface area (Å²) in [5.74, 6) is 0.143. The Hall–Kier alpha value is -0.570. The lowest BCUT2D eigenvalue weighted by atomic mass is 10.2. The Labute approximate surface area is 80.5 Å². The molecule has 3 nitrogen and oxygen atoms in total. The van der Waals surface area contributed by atoms with Crippen LogP contribution in [0.5, 0.6) is 0 Å². The van der Waals surface area contributed by atoms with E-state index in [0.717, 1.165) is 38.6 Å². The first-order valence-electron chi connectivity index (χ1n) is 5.16. The number of rotatable bonds is 8. The molecule has 0 aliphatic rings. The van der Waals surface area contributed by atoms with Crippen LogP contribution in [0, 0.1) is 0 Å². The van der Waals surface area contributed by atoms with Gasteiger partial charge in [0, 0.05) is 13.0 Å². The summed E-state index contributed by atoms with van der Waals surface area (Å²) in [4.78, 5) is 11.1. The number of nitrogens with one attached hydrogen (secondary N) is 1. The fourth-order valence-corrected chi connectivity index (χ4v) is 1.06. The highest BCUT2D eigenvalue weighted by Crippen LogP contribution is 1.95. The van der Waals surface area contributed by atoms with Gasteiger partial charge < -0.3 is 5.32 Å². The summed E-state index contributed by atoms with van der Waals surface area (Å²) < 4.78 is 0. The van der Waals surface area contributed by atoms with Crippen LogP contribution in [0.3, 0.4) is 0 Å². The van der Waals surface area contributed by atoms with Gasteiger partial charge in [-0.2, -0.15) is 0 Å². The lowest BCUT2D eigenvalue weighted by Crippen LogP contribution is -2.23. The zero-order valence-electron chi connectivity index (χ0n) is 8.47. The number of hydrogen-bond acceptors (Lipinski definition) is 1. The molecule has 0 aromatic rings. The lowest BCUT2D eigenvalue weighted by molar-refractivity contribution is -0.121. The third-order valence-corrected chi connectivity index (χ3v) is 1.90. The normalized spacial score (nSPS) is 10.0. The summed E-state index contributed by atoms with van der Waals surface area (Å²) >= 11 is 0.